The molecule has 0 saturated carbocycles. The average Bonchev–Trinajstić information content (AvgIpc) is 3.02. The first-order chi connectivity index (χ1) is 11.5. The summed E-state index contributed by atoms with van der Waals surface area (Å²) in [5.41, 5.74) is 0.0518. The molecule has 0 bridgehead atoms. The number of aromatic carboxylic acids is 1. The third-order valence-electron chi connectivity index (χ3n) is 4.07. The lowest BCUT2D eigenvalue weighted by Crippen LogP contribution is -2.44. The van der Waals surface area contributed by atoms with Crippen LogP contribution in [0.4, 0.5) is 5.82 Å². The zero-order chi connectivity index (χ0) is 17.1. The van der Waals surface area contributed by atoms with Gasteiger partial charge in [-0.2, -0.15) is 0 Å². The minimum absolute atomic E-state index is 0.0162. The molecule has 1 aliphatic heterocycles. The van der Waals surface area contributed by atoms with E-state index in [2.05, 4.69) is 15.2 Å². The molecule has 126 valence electrons. The number of hydrogen-bond acceptors (Lipinski definition) is 5. The second-order valence-corrected chi connectivity index (χ2v) is 7.12. The zero-order valence-corrected chi connectivity index (χ0v) is 14.2. The van der Waals surface area contributed by atoms with Gasteiger partial charge >= 0.3 is 5.97 Å². The van der Waals surface area contributed by atoms with Gasteiger partial charge < -0.3 is 15.3 Å². The monoisotopic (exact) mass is 345 g/mol. The maximum absolute atomic E-state index is 12.2. The molecule has 2 aromatic heterocycles. The van der Waals surface area contributed by atoms with Gasteiger partial charge in [0, 0.05) is 24.0 Å². The Morgan fingerprint density at radius 3 is 2.62 bits per heavy atom. The van der Waals surface area contributed by atoms with Crippen molar-refractivity contribution < 1.29 is 14.7 Å². The molecule has 2 N–H and O–H groups in total. The Hall–Kier alpha value is -2.41. The fourth-order valence-electron chi connectivity index (χ4n) is 2.78. The van der Waals surface area contributed by atoms with E-state index in [0.717, 1.165) is 35.7 Å². The van der Waals surface area contributed by atoms with E-state index in [-0.39, 0.29) is 17.6 Å². The van der Waals surface area contributed by atoms with Crippen LogP contribution in [0.25, 0.3) is 0 Å². The fourth-order valence-corrected chi connectivity index (χ4v) is 3.56. The lowest BCUT2D eigenvalue weighted by Gasteiger charge is -2.33. The van der Waals surface area contributed by atoms with E-state index < -0.39 is 5.97 Å². The number of carboxylic acid groups (broad SMARTS) is 1. The number of piperidine rings is 1. The maximum Gasteiger partial charge on any atom is 0.354 e. The number of carbonyl (C=O) groups is 2. The Labute approximate surface area is 144 Å². The summed E-state index contributed by atoms with van der Waals surface area (Å²) in [7, 11) is 0. The van der Waals surface area contributed by atoms with Crippen molar-refractivity contribution in [3.8, 4) is 0 Å². The Morgan fingerprint density at radius 2 is 2.00 bits per heavy atom. The molecule has 0 aliphatic carbocycles. The van der Waals surface area contributed by atoms with Gasteiger partial charge in [0.15, 0.2) is 5.69 Å². The summed E-state index contributed by atoms with van der Waals surface area (Å²) in [5, 5.41) is 12.1. The Morgan fingerprint density at radius 1 is 1.25 bits per heavy atom. The highest BCUT2D eigenvalue weighted by Gasteiger charge is 2.22. The van der Waals surface area contributed by atoms with E-state index in [9.17, 15) is 9.59 Å². The Bertz CT molecular complexity index is 751. The van der Waals surface area contributed by atoms with Crippen LogP contribution in [-0.2, 0) is 0 Å². The number of aromatic nitrogens is 1. The van der Waals surface area contributed by atoms with Gasteiger partial charge in [-0.05, 0) is 44.0 Å². The molecule has 1 saturated heterocycles. The molecule has 0 spiro atoms. The summed E-state index contributed by atoms with van der Waals surface area (Å²) < 4.78 is 0. The summed E-state index contributed by atoms with van der Waals surface area (Å²) in [6.45, 7) is 3.47. The number of thiophene rings is 1. The summed E-state index contributed by atoms with van der Waals surface area (Å²) >= 11 is 1.50. The number of amides is 1. The lowest BCUT2D eigenvalue weighted by molar-refractivity contribution is 0.0690. The van der Waals surface area contributed by atoms with Crippen molar-refractivity contribution in [3.05, 3.63) is 45.8 Å². The first-order valence-corrected chi connectivity index (χ1v) is 8.67. The van der Waals surface area contributed by atoms with Crippen molar-refractivity contribution in [2.75, 3.05) is 18.0 Å². The summed E-state index contributed by atoms with van der Waals surface area (Å²) in [5.74, 6) is -0.364. The van der Waals surface area contributed by atoms with Crippen molar-refractivity contribution in [3.63, 3.8) is 0 Å². The van der Waals surface area contributed by atoms with Crippen LogP contribution < -0.4 is 10.2 Å². The van der Waals surface area contributed by atoms with Gasteiger partial charge in [0.2, 0.25) is 0 Å². The Balaban J connectivity index is 1.57. The van der Waals surface area contributed by atoms with E-state index in [1.807, 2.05) is 25.1 Å². The van der Waals surface area contributed by atoms with Crippen molar-refractivity contribution in [2.24, 2.45) is 0 Å². The first kappa shape index (κ1) is 16.4. The van der Waals surface area contributed by atoms with Gasteiger partial charge in [-0.25, -0.2) is 9.78 Å². The van der Waals surface area contributed by atoms with Crippen LogP contribution in [0.2, 0.25) is 0 Å². The predicted octanol–water partition coefficient (Wildman–Crippen LogP) is 2.55. The van der Waals surface area contributed by atoms with Crippen LogP contribution in [0.3, 0.4) is 0 Å². The number of rotatable bonds is 4. The van der Waals surface area contributed by atoms with Crippen LogP contribution >= 0.6 is 11.3 Å². The van der Waals surface area contributed by atoms with Crippen molar-refractivity contribution in [1.82, 2.24) is 10.3 Å². The molecule has 24 heavy (non-hydrogen) atoms. The molecule has 6 nitrogen and oxygen atoms in total. The van der Waals surface area contributed by atoms with Crippen LogP contribution in [0.5, 0.6) is 0 Å². The third kappa shape index (κ3) is 3.73. The van der Waals surface area contributed by atoms with E-state index in [1.54, 1.807) is 6.07 Å². The zero-order valence-electron chi connectivity index (χ0n) is 13.4. The number of aryl methyl sites for hydroxylation is 1. The minimum Gasteiger partial charge on any atom is -0.477 e. The quantitative estimate of drug-likeness (QED) is 0.890. The van der Waals surface area contributed by atoms with Crippen LogP contribution in [0.15, 0.2) is 30.3 Å². The topological polar surface area (TPSA) is 82.5 Å². The fraction of sp³-hybridized carbons (Fsp3) is 0.353. The third-order valence-corrected chi connectivity index (χ3v) is 5.07. The SMILES string of the molecule is Cc1ccc(C(=O)NC2CCN(c3cccc(C(=O)O)n3)CC2)s1. The van der Waals surface area contributed by atoms with Gasteiger partial charge in [0.25, 0.3) is 5.91 Å². The molecule has 0 radical (unpaired) electrons. The number of nitrogens with one attached hydrogen (secondary N) is 1. The first-order valence-electron chi connectivity index (χ1n) is 7.85. The number of carbonyl (C=O) groups excluding carboxylic acids is 1. The Kier molecular flexibility index (Phi) is 4.80. The number of carboxylic acids is 1. The summed E-state index contributed by atoms with van der Waals surface area (Å²) in [4.78, 5) is 31.3. The number of pyridine rings is 1. The highest BCUT2D eigenvalue weighted by molar-refractivity contribution is 7.13. The summed E-state index contributed by atoms with van der Waals surface area (Å²) in [6, 6.07) is 8.95. The van der Waals surface area contributed by atoms with Gasteiger partial charge in [-0.15, -0.1) is 11.3 Å². The molecule has 2 aromatic rings. The largest absolute Gasteiger partial charge is 0.477 e. The molecule has 3 heterocycles. The number of nitrogens with zero attached hydrogens (tertiary/aromatic N) is 2. The van der Waals surface area contributed by atoms with Crippen molar-refractivity contribution in [2.45, 2.75) is 25.8 Å². The lowest BCUT2D eigenvalue weighted by atomic mass is 10.0. The van der Waals surface area contributed by atoms with Gasteiger partial charge in [-0.1, -0.05) is 6.07 Å². The molecule has 0 aromatic carbocycles. The standard InChI is InChI=1S/C17H19N3O3S/c1-11-5-6-14(24-11)16(21)18-12-7-9-20(10-8-12)15-4-2-3-13(19-15)17(22)23/h2-6,12H,7-10H2,1H3,(H,18,21)(H,22,23). The highest BCUT2D eigenvalue weighted by atomic mass is 32.1. The molecule has 0 atom stereocenters. The van der Waals surface area contributed by atoms with E-state index in [1.165, 1.54) is 17.4 Å². The van der Waals surface area contributed by atoms with E-state index in [0.29, 0.717) is 5.82 Å². The van der Waals surface area contributed by atoms with Crippen LogP contribution in [-0.4, -0.2) is 41.1 Å². The molecule has 3 rings (SSSR count). The normalized spacial score (nSPS) is 15.3. The van der Waals surface area contributed by atoms with Gasteiger partial charge in [-0.3, -0.25) is 4.79 Å². The van der Waals surface area contributed by atoms with Crippen molar-refractivity contribution >= 4 is 29.0 Å². The molecule has 7 heteroatoms. The van der Waals surface area contributed by atoms with Gasteiger partial charge in [0.05, 0.1) is 4.88 Å². The minimum atomic E-state index is -1.02. The van der Waals surface area contributed by atoms with Crippen LogP contribution in [0, 0.1) is 6.92 Å². The molecule has 1 amide bonds. The summed E-state index contributed by atoms with van der Waals surface area (Å²) in [6.07, 6.45) is 1.63. The van der Waals surface area contributed by atoms with E-state index in [4.69, 9.17) is 5.11 Å². The number of hydrogen-bond donors (Lipinski definition) is 2. The molecular formula is C17H19N3O3S. The average molecular weight is 345 g/mol. The smallest absolute Gasteiger partial charge is 0.354 e. The van der Waals surface area contributed by atoms with Crippen LogP contribution in [0.1, 0.15) is 37.9 Å². The maximum atomic E-state index is 12.2. The molecule has 1 fully saturated rings. The second kappa shape index (κ2) is 7.00. The predicted molar refractivity (Wildman–Crippen MR) is 93.0 cm³/mol. The number of anilines is 1. The molecule has 1 aliphatic rings. The molecular weight excluding hydrogens is 326 g/mol. The highest BCUT2D eigenvalue weighted by Crippen LogP contribution is 2.20. The van der Waals surface area contributed by atoms with E-state index >= 15 is 0 Å². The molecule has 0 unspecified atom stereocenters. The van der Waals surface area contributed by atoms with Crippen molar-refractivity contribution in [1.29, 1.82) is 0 Å². The second-order valence-electron chi connectivity index (χ2n) is 5.83. The van der Waals surface area contributed by atoms with Gasteiger partial charge in [0.1, 0.15) is 5.82 Å².